The summed E-state index contributed by atoms with van der Waals surface area (Å²) in [5.74, 6) is 0.682. The van der Waals surface area contributed by atoms with Gasteiger partial charge in [0, 0.05) is 15.6 Å². The number of nitrogens with zero attached hydrogens (tertiary/aromatic N) is 2. The van der Waals surface area contributed by atoms with E-state index in [9.17, 15) is 4.79 Å². The van der Waals surface area contributed by atoms with Gasteiger partial charge in [-0.3, -0.25) is 4.79 Å². The fraction of sp³-hybridized carbons (Fsp3) is 0.118. The Bertz CT molecular complexity index is 828. The van der Waals surface area contributed by atoms with Crippen molar-refractivity contribution in [3.05, 3.63) is 70.0 Å². The Balaban J connectivity index is 1.65. The summed E-state index contributed by atoms with van der Waals surface area (Å²) < 4.78 is 6.03. The zero-order valence-electron chi connectivity index (χ0n) is 12.4. The van der Waals surface area contributed by atoms with E-state index in [1.165, 1.54) is 5.56 Å². The highest BCUT2D eigenvalue weighted by molar-refractivity contribution is 9.10. The number of hydrogen-bond acceptors (Lipinski definition) is 4. The van der Waals surface area contributed by atoms with Crippen molar-refractivity contribution >= 4 is 21.8 Å². The van der Waals surface area contributed by atoms with Gasteiger partial charge in [0.2, 0.25) is 11.7 Å². The molecule has 0 aliphatic heterocycles. The van der Waals surface area contributed by atoms with Crippen LogP contribution in [0.1, 0.15) is 21.8 Å². The third kappa shape index (κ3) is 3.84. The van der Waals surface area contributed by atoms with Crippen LogP contribution in [0.3, 0.4) is 0 Å². The summed E-state index contributed by atoms with van der Waals surface area (Å²) in [4.78, 5) is 16.4. The standard InChI is InChI=1S/C17H14BrN3O2/c1-11-5-7-12(8-6-11)16-20-15(23-21-16)10-19-17(22)13-3-2-4-14(18)9-13/h2-9H,10H2,1H3,(H,19,22). The van der Waals surface area contributed by atoms with E-state index in [4.69, 9.17) is 4.52 Å². The van der Waals surface area contributed by atoms with Gasteiger partial charge in [-0.2, -0.15) is 4.98 Å². The van der Waals surface area contributed by atoms with Gasteiger partial charge < -0.3 is 9.84 Å². The second-order valence-electron chi connectivity index (χ2n) is 5.07. The van der Waals surface area contributed by atoms with E-state index in [0.717, 1.165) is 10.0 Å². The molecule has 0 spiro atoms. The minimum Gasteiger partial charge on any atom is -0.343 e. The fourth-order valence-corrected chi connectivity index (χ4v) is 2.43. The molecule has 1 amide bonds. The lowest BCUT2D eigenvalue weighted by molar-refractivity contribution is 0.0946. The minimum absolute atomic E-state index is 0.185. The van der Waals surface area contributed by atoms with Gasteiger partial charge in [0.05, 0.1) is 6.54 Å². The summed E-state index contributed by atoms with van der Waals surface area (Å²) in [6.07, 6.45) is 0. The van der Waals surface area contributed by atoms with Crippen molar-refractivity contribution in [2.75, 3.05) is 0 Å². The van der Waals surface area contributed by atoms with Crippen LogP contribution in [0.2, 0.25) is 0 Å². The number of carbonyl (C=O) groups is 1. The average molecular weight is 372 g/mol. The molecule has 2 aromatic carbocycles. The third-order valence-corrected chi connectivity index (χ3v) is 3.76. The van der Waals surface area contributed by atoms with E-state index < -0.39 is 0 Å². The molecule has 6 heteroatoms. The van der Waals surface area contributed by atoms with E-state index in [0.29, 0.717) is 17.3 Å². The molecule has 5 nitrogen and oxygen atoms in total. The normalized spacial score (nSPS) is 10.5. The summed E-state index contributed by atoms with van der Waals surface area (Å²) in [6.45, 7) is 2.20. The van der Waals surface area contributed by atoms with Gasteiger partial charge in [-0.25, -0.2) is 0 Å². The predicted octanol–water partition coefficient (Wildman–Crippen LogP) is 3.74. The number of amides is 1. The lowest BCUT2D eigenvalue weighted by Gasteiger charge is -2.02. The molecular formula is C17H14BrN3O2. The molecule has 0 radical (unpaired) electrons. The van der Waals surface area contributed by atoms with Crippen LogP contribution in [0.15, 0.2) is 57.5 Å². The summed E-state index contributed by atoms with van der Waals surface area (Å²) in [7, 11) is 0. The fourth-order valence-electron chi connectivity index (χ4n) is 2.03. The molecule has 0 aliphatic rings. The van der Waals surface area contributed by atoms with E-state index in [2.05, 4.69) is 31.4 Å². The number of halogens is 1. The molecule has 1 N–H and O–H groups in total. The molecule has 116 valence electrons. The smallest absolute Gasteiger partial charge is 0.251 e. The largest absolute Gasteiger partial charge is 0.343 e. The van der Waals surface area contributed by atoms with E-state index in [1.54, 1.807) is 18.2 Å². The average Bonchev–Trinajstić information content (AvgIpc) is 3.02. The van der Waals surface area contributed by atoms with E-state index >= 15 is 0 Å². The molecule has 0 unspecified atom stereocenters. The van der Waals surface area contributed by atoms with Gasteiger partial charge in [0.15, 0.2) is 0 Å². The Labute approximate surface area is 141 Å². The maximum absolute atomic E-state index is 12.1. The lowest BCUT2D eigenvalue weighted by Crippen LogP contribution is -2.22. The second kappa shape index (κ2) is 6.75. The zero-order chi connectivity index (χ0) is 16.2. The van der Waals surface area contributed by atoms with Crippen molar-refractivity contribution in [3.8, 4) is 11.4 Å². The molecule has 23 heavy (non-hydrogen) atoms. The maximum Gasteiger partial charge on any atom is 0.251 e. The van der Waals surface area contributed by atoms with Crippen molar-refractivity contribution in [2.45, 2.75) is 13.5 Å². The lowest BCUT2D eigenvalue weighted by atomic mass is 10.1. The summed E-state index contributed by atoms with van der Waals surface area (Å²) >= 11 is 3.34. The predicted molar refractivity (Wildman–Crippen MR) is 89.8 cm³/mol. The van der Waals surface area contributed by atoms with Crippen LogP contribution in [-0.4, -0.2) is 16.0 Å². The van der Waals surface area contributed by atoms with Gasteiger partial charge >= 0.3 is 0 Å². The quantitative estimate of drug-likeness (QED) is 0.758. The first-order valence-electron chi connectivity index (χ1n) is 7.05. The minimum atomic E-state index is -0.193. The number of aromatic nitrogens is 2. The van der Waals surface area contributed by atoms with Crippen LogP contribution < -0.4 is 5.32 Å². The van der Waals surface area contributed by atoms with Gasteiger partial charge in [-0.05, 0) is 25.1 Å². The van der Waals surface area contributed by atoms with E-state index in [-0.39, 0.29) is 12.5 Å². The van der Waals surface area contributed by atoms with Gasteiger partial charge in [-0.1, -0.05) is 57.0 Å². The van der Waals surface area contributed by atoms with E-state index in [1.807, 2.05) is 37.3 Å². The maximum atomic E-state index is 12.1. The third-order valence-electron chi connectivity index (χ3n) is 3.26. The van der Waals surface area contributed by atoms with Crippen molar-refractivity contribution in [1.29, 1.82) is 0 Å². The first-order valence-corrected chi connectivity index (χ1v) is 7.84. The Morgan fingerprint density at radius 3 is 2.74 bits per heavy atom. The Morgan fingerprint density at radius 2 is 2.00 bits per heavy atom. The van der Waals surface area contributed by atoms with Crippen molar-refractivity contribution in [1.82, 2.24) is 15.5 Å². The van der Waals surface area contributed by atoms with Crippen molar-refractivity contribution in [2.24, 2.45) is 0 Å². The molecule has 1 heterocycles. The Morgan fingerprint density at radius 1 is 1.22 bits per heavy atom. The van der Waals surface area contributed by atoms with Crippen LogP contribution in [0, 0.1) is 6.92 Å². The van der Waals surface area contributed by atoms with Crippen LogP contribution in [-0.2, 0) is 6.54 Å². The first-order chi connectivity index (χ1) is 11.1. The molecule has 3 aromatic rings. The van der Waals surface area contributed by atoms with Crippen molar-refractivity contribution in [3.63, 3.8) is 0 Å². The SMILES string of the molecule is Cc1ccc(-c2noc(CNC(=O)c3cccc(Br)c3)n2)cc1. The number of rotatable bonds is 4. The second-order valence-corrected chi connectivity index (χ2v) is 5.99. The molecule has 0 saturated carbocycles. The molecule has 0 fully saturated rings. The Kier molecular flexibility index (Phi) is 4.52. The van der Waals surface area contributed by atoms with Gasteiger partial charge in [0.25, 0.3) is 5.91 Å². The molecule has 0 atom stereocenters. The molecule has 1 aromatic heterocycles. The number of hydrogen-bond donors (Lipinski definition) is 1. The summed E-state index contributed by atoms with van der Waals surface area (Å²) in [5.41, 5.74) is 2.61. The number of benzene rings is 2. The topological polar surface area (TPSA) is 68.0 Å². The highest BCUT2D eigenvalue weighted by Crippen LogP contribution is 2.16. The summed E-state index contributed by atoms with van der Waals surface area (Å²) in [5, 5.41) is 6.70. The van der Waals surface area contributed by atoms with Crippen molar-refractivity contribution < 1.29 is 9.32 Å². The highest BCUT2D eigenvalue weighted by Gasteiger charge is 2.11. The molecular weight excluding hydrogens is 358 g/mol. The molecule has 0 saturated heterocycles. The van der Waals surface area contributed by atoms with Gasteiger partial charge in [0.1, 0.15) is 0 Å². The first kappa shape index (κ1) is 15.4. The highest BCUT2D eigenvalue weighted by atomic mass is 79.9. The number of carbonyl (C=O) groups excluding carboxylic acids is 1. The van der Waals surface area contributed by atoms with Crippen LogP contribution >= 0.6 is 15.9 Å². The zero-order valence-corrected chi connectivity index (χ0v) is 14.0. The molecule has 0 bridgehead atoms. The summed E-state index contributed by atoms with van der Waals surface area (Å²) in [6, 6.07) is 15.0. The monoisotopic (exact) mass is 371 g/mol. The van der Waals surface area contributed by atoms with Gasteiger partial charge in [-0.15, -0.1) is 0 Å². The van der Waals surface area contributed by atoms with Crippen LogP contribution in [0.5, 0.6) is 0 Å². The Hall–Kier alpha value is -2.47. The number of nitrogens with one attached hydrogen (secondary N) is 1. The number of aryl methyl sites for hydroxylation is 1. The van der Waals surface area contributed by atoms with Crippen LogP contribution in [0.4, 0.5) is 0 Å². The molecule has 3 rings (SSSR count). The van der Waals surface area contributed by atoms with Crippen LogP contribution in [0.25, 0.3) is 11.4 Å². The molecule has 0 aliphatic carbocycles.